The maximum absolute atomic E-state index is 14.6. The van der Waals surface area contributed by atoms with Crippen molar-refractivity contribution in [1.82, 2.24) is 14.9 Å². The van der Waals surface area contributed by atoms with Crippen LogP contribution in [-0.2, 0) is 22.5 Å². The highest BCUT2D eigenvalue weighted by Gasteiger charge is 2.61. The first kappa shape index (κ1) is 25.7. The first-order chi connectivity index (χ1) is 16.8. The maximum atomic E-state index is 14.6. The van der Waals surface area contributed by atoms with Crippen LogP contribution in [0.15, 0.2) is 12.3 Å². The first-order valence-electron chi connectivity index (χ1n) is 10.7. The van der Waals surface area contributed by atoms with Gasteiger partial charge in [0, 0.05) is 18.3 Å². The Hall–Kier alpha value is -3.42. The standard InChI is InChI=1S/C22H20F6N4O4/c1-9-14(18(33)20(35)31-21(7-36-8-21)22(26,27)28)13-5-11(24)6-32(13)17(9)19(34)30-12-3-4-29-16(10(2)23)15(12)25/h3-4,10-11H,5-8H2,1-2H3,(H,31,35)(H,29,30,34)/t10?,11-/m1/s1. The van der Waals surface area contributed by atoms with Crippen LogP contribution in [0.25, 0.3) is 0 Å². The molecule has 2 N–H and O–H groups in total. The molecule has 4 rings (SSSR count). The average Bonchev–Trinajstić information content (AvgIpc) is 3.23. The highest BCUT2D eigenvalue weighted by Crippen LogP contribution is 2.37. The van der Waals surface area contributed by atoms with Gasteiger partial charge in [0.25, 0.3) is 17.6 Å². The predicted octanol–water partition coefficient (Wildman–Crippen LogP) is 3.14. The molecule has 2 aromatic rings. The van der Waals surface area contributed by atoms with E-state index in [-0.39, 0.29) is 29.9 Å². The van der Waals surface area contributed by atoms with Gasteiger partial charge in [0.05, 0.1) is 31.0 Å². The number of halogens is 6. The molecule has 2 atom stereocenters. The SMILES string of the molecule is Cc1c(C(=O)C(=O)NC2(C(F)(F)F)COC2)c2n(c1C(=O)Nc1ccnc(C(C)F)c1F)C[C@H](F)C2. The van der Waals surface area contributed by atoms with E-state index in [0.717, 1.165) is 23.8 Å². The molecule has 0 bridgehead atoms. The highest BCUT2D eigenvalue weighted by atomic mass is 19.4. The molecule has 4 heterocycles. The van der Waals surface area contributed by atoms with Gasteiger partial charge in [-0.25, -0.2) is 13.2 Å². The van der Waals surface area contributed by atoms with Gasteiger partial charge in [0.15, 0.2) is 11.4 Å². The summed E-state index contributed by atoms with van der Waals surface area (Å²) in [6.45, 7) is 0.181. The summed E-state index contributed by atoms with van der Waals surface area (Å²) in [7, 11) is 0. The zero-order valence-electron chi connectivity index (χ0n) is 18.9. The zero-order valence-corrected chi connectivity index (χ0v) is 18.9. The van der Waals surface area contributed by atoms with Crippen molar-refractivity contribution in [3.8, 4) is 0 Å². The lowest BCUT2D eigenvalue weighted by Crippen LogP contribution is -2.71. The number of ether oxygens (including phenoxy) is 1. The molecule has 194 valence electrons. The molecule has 2 aromatic heterocycles. The van der Waals surface area contributed by atoms with Gasteiger partial charge in [0.2, 0.25) is 0 Å². The summed E-state index contributed by atoms with van der Waals surface area (Å²) in [5.41, 5.74) is -4.57. The second-order valence-corrected chi connectivity index (χ2v) is 8.69. The quantitative estimate of drug-likeness (QED) is 0.348. The largest absolute Gasteiger partial charge is 0.416 e. The molecule has 8 nitrogen and oxygen atoms in total. The number of ketones is 1. The summed E-state index contributed by atoms with van der Waals surface area (Å²) < 4.78 is 88.3. The fourth-order valence-electron chi connectivity index (χ4n) is 4.30. The number of carbonyl (C=O) groups is 3. The van der Waals surface area contributed by atoms with Gasteiger partial charge < -0.3 is 19.9 Å². The van der Waals surface area contributed by atoms with E-state index in [4.69, 9.17) is 0 Å². The number of amides is 2. The molecule has 1 unspecified atom stereocenters. The van der Waals surface area contributed by atoms with Gasteiger partial charge in [0.1, 0.15) is 23.7 Å². The van der Waals surface area contributed by atoms with Gasteiger partial charge in [-0.05, 0) is 25.5 Å². The Labute approximate surface area is 200 Å². The third-order valence-corrected chi connectivity index (χ3v) is 6.19. The van der Waals surface area contributed by atoms with Crippen molar-refractivity contribution in [1.29, 1.82) is 0 Å². The predicted molar refractivity (Wildman–Crippen MR) is 112 cm³/mol. The Morgan fingerprint density at radius 1 is 1.28 bits per heavy atom. The number of nitrogens with one attached hydrogen (secondary N) is 2. The first-order valence-corrected chi connectivity index (χ1v) is 10.7. The summed E-state index contributed by atoms with van der Waals surface area (Å²) >= 11 is 0. The van der Waals surface area contributed by atoms with E-state index in [1.807, 2.05) is 0 Å². The number of carbonyl (C=O) groups excluding carboxylic acids is 3. The molecule has 2 aliphatic rings. The van der Waals surface area contributed by atoms with Crippen molar-refractivity contribution < 1.29 is 45.5 Å². The second kappa shape index (κ2) is 8.91. The summed E-state index contributed by atoms with van der Waals surface area (Å²) in [5, 5.41) is 3.89. The van der Waals surface area contributed by atoms with E-state index in [0.29, 0.717) is 0 Å². The van der Waals surface area contributed by atoms with Crippen LogP contribution in [0.3, 0.4) is 0 Å². The van der Waals surface area contributed by atoms with E-state index in [1.54, 1.807) is 5.32 Å². The molecule has 0 aliphatic carbocycles. The highest BCUT2D eigenvalue weighted by molar-refractivity contribution is 6.44. The van der Waals surface area contributed by atoms with Crippen LogP contribution in [0.1, 0.15) is 50.9 Å². The number of rotatable bonds is 6. The minimum Gasteiger partial charge on any atom is -0.376 e. The zero-order chi connectivity index (χ0) is 26.6. The number of fused-ring (bicyclic) bond motifs is 1. The molecule has 0 spiro atoms. The van der Waals surface area contributed by atoms with Crippen LogP contribution in [0.2, 0.25) is 0 Å². The molecule has 0 radical (unpaired) electrons. The molecular formula is C22H20F6N4O4. The van der Waals surface area contributed by atoms with Crippen LogP contribution in [-0.4, -0.2) is 58.2 Å². The lowest BCUT2D eigenvalue weighted by atomic mass is 9.95. The Balaban J connectivity index is 1.67. The summed E-state index contributed by atoms with van der Waals surface area (Å²) in [6, 6.07) is 1.07. The maximum Gasteiger partial charge on any atom is 0.416 e. The minimum absolute atomic E-state index is 0.0514. The Morgan fingerprint density at radius 2 is 1.94 bits per heavy atom. The van der Waals surface area contributed by atoms with Crippen LogP contribution in [0.4, 0.5) is 32.0 Å². The third-order valence-electron chi connectivity index (χ3n) is 6.19. The van der Waals surface area contributed by atoms with Gasteiger partial charge in [-0.3, -0.25) is 19.4 Å². The molecular weight excluding hydrogens is 498 g/mol. The Morgan fingerprint density at radius 3 is 2.50 bits per heavy atom. The molecule has 2 aliphatic heterocycles. The Bertz CT molecular complexity index is 1250. The number of aromatic nitrogens is 2. The summed E-state index contributed by atoms with van der Waals surface area (Å²) in [6.07, 6.45) is -7.52. The van der Waals surface area contributed by atoms with Crippen molar-refractivity contribution in [2.75, 3.05) is 18.5 Å². The number of nitrogens with zero attached hydrogens (tertiary/aromatic N) is 2. The topological polar surface area (TPSA) is 102 Å². The van der Waals surface area contributed by atoms with Gasteiger partial charge in [-0.1, -0.05) is 0 Å². The number of Topliss-reactive ketones (excluding diaryl/α,β-unsaturated/α-hetero) is 1. The lowest BCUT2D eigenvalue weighted by molar-refractivity contribution is -0.265. The number of alkyl halides is 5. The molecule has 14 heteroatoms. The summed E-state index contributed by atoms with van der Waals surface area (Å²) in [5.74, 6) is -5.11. The van der Waals surface area contributed by atoms with Crippen LogP contribution < -0.4 is 10.6 Å². The molecule has 1 saturated heterocycles. The smallest absolute Gasteiger partial charge is 0.376 e. The van der Waals surface area contributed by atoms with Crippen LogP contribution in [0, 0.1) is 12.7 Å². The van der Waals surface area contributed by atoms with E-state index in [9.17, 15) is 40.7 Å². The number of hydrogen-bond acceptors (Lipinski definition) is 5. The molecule has 36 heavy (non-hydrogen) atoms. The minimum atomic E-state index is -4.89. The van der Waals surface area contributed by atoms with E-state index >= 15 is 0 Å². The van der Waals surface area contributed by atoms with Crippen molar-refractivity contribution >= 4 is 23.3 Å². The van der Waals surface area contributed by atoms with Gasteiger partial charge in [-0.15, -0.1) is 0 Å². The van der Waals surface area contributed by atoms with Crippen molar-refractivity contribution in [3.05, 3.63) is 46.3 Å². The fraction of sp³-hybridized carbons (Fsp3) is 0.455. The summed E-state index contributed by atoms with van der Waals surface area (Å²) in [4.78, 5) is 42.1. The second-order valence-electron chi connectivity index (χ2n) is 8.69. The molecule has 1 fully saturated rings. The number of pyridine rings is 1. The molecule has 2 amide bonds. The number of anilines is 1. The van der Waals surface area contributed by atoms with E-state index < -0.39 is 77.6 Å². The van der Waals surface area contributed by atoms with Gasteiger partial charge >= 0.3 is 6.18 Å². The van der Waals surface area contributed by atoms with Crippen LogP contribution >= 0.6 is 0 Å². The van der Waals surface area contributed by atoms with Crippen LogP contribution in [0.5, 0.6) is 0 Å². The van der Waals surface area contributed by atoms with E-state index in [1.165, 1.54) is 6.92 Å². The Kier molecular flexibility index (Phi) is 6.35. The molecule has 0 saturated carbocycles. The monoisotopic (exact) mass is 518 g/mol. The third kappa shape index (κ3) is 4.12. The lowest BCUT2D eigenvalue weighted by Gasteiger charge is -2.42. The number of hydrogen-bond donors (Lipinski definition) is 2. The fourth-order valence-corrected chi connectivity index (χ4v) is 4.30. The normalized spacial score (nSPS) is 19.3. The van der Waals surface area contributed by atoms with Gasteiger partial charge in [-0.2, -0.15) is 13.2 Å². The van der Waals surface area contributed by atoms with Crippen molar-refractivity contribution in [2.24, 2.45) is 0 Å². The van der Waals surface area contributed by atoms with Crippen molar-refractivity contribution in [2.45, 2.75) is 50.9 Å². The molecule has 0 aromatic carbocycles. The van der Waals surface area contributed by atoms with E-state index in [2.05, 4.69) is 15.0 Å². The average molecular weight is 518 g/mol. The van der Waals surface area contributed by atoms with Crippen molar-refractivity contribution in [3.63, 3.8) is 0 Å².